The van der Waals surface area contributed by atoms with Gasteiger partial charge in [-0.15, -0.1) is 0 Å². The van der Waals surface area contributed by atoms with Crippen LogP contribution in [-0.2, 0) is 4.79 Å². The molecule has 7 heteroatoms. The fourth-order valence-electron chi connectivity index (χ4n) is 1.94. The number of amides is 1. The Kier molecular flexibility index (Phi) is 2.95. The highest BCUT2D eigenvalue weighted by Crippen LogP contribution is 2.38. The maximum Gasteiger partial charge on any atom is 0.264 e. The van der Waals surface area contributed by atoms with Crippen LogP contribution in [0.3, 0.4) is 0 Å². The van der Waals surface area contributed by atoms with Gasteiger partial charge in [0.1, 0.15) is 16.3 Å². The largest absolute Gasteiger partial charge is 0.482 e. The molecule has 0 unspecified atom stereocenters. The molecule has 1 aliphatic rings. The van der Waals surface area contributed by atoms with Crippen molar-refractivity contribution in [2.75, 3.05) is 18.6 Å². The van der Waals surface area contributed by atoms with Crippen LogP contribution in [0.15, 0.2) is 27.2 Å². The second-order valence-corrected chi connectivity index (χ2v) is 5.00. The summed E-state index contributed by atoms with van der Waals surface area (Å²) in [5.74, 6) is 0.951. The Morgan fingerprint density at radius 2 is 2.30 bits per heavy atom. The van der Waals surface area contributed by atoms with E-state index in [0.717, 1.165) is 0 Å². The Labute approximate surface area is 122 Å². The van der Waals surface area contributed by atoms with Crippen LogP contribution in [0.4, 0.5) is 5.69 Å². The lowest BCUT2D eigenvalue weighted by molar-refractivity contribution is -0.120. The van der Waals surface area contributed by atoms with Crippen molar-refractivity contribution in [3.05, 3.63) is 28.4 Å². The van der Waals surface area contributed by atoms with Crippen molar-refractivity contribution in [1.82, 2.24) is 5.16 Å². The Balaban J connectivity index is 2.11. The lowest BCUT2D eigenvalue weighted by atomic mass is 10.1. The summed E-state index contributed by atoms with van der Waals surface area (Å²) in [6.07, 6.45) is 0. The number of rotatable bonds is 1. The quantitative estimate of drug-likeness (QED) is 0.800. The number of hydrogen-bond acceptors (Lipinski definition) is 5. The van der Waals surface area contributed by atoms with Gasteiger partial charge in [0.05, 0.1) is 5.69 Å². The zero-order valence-corrected chi connectivity index (χ0v) is 12.0. The number of halogens is 1. The third-order valence-corrected chi connectivity index (χ3v) is 3.78. The molecule has 1 aromatic heterocycles. The van der Waals surface area contributed by atoms with Crippen molar-refractivity contribution in [1.29, 1.82) is 5.26 Å². The molecule has 100 valence electrons. The smallest absolute Gasteiger partial charge is 0.264 e. The number of ether oxygens (including phenoxy) is 1. The predicted octanol–water partition coefficient (Wildman–Crippen LogP) is 2.33. The monoisotopic (exact) mass is 333 g/mol. The lowest BCUT2D eigenvalue weighted by Gasteiger charge is -2.26. The molecule has 0 aliphatic carbocycles. The second kappa shape index (κ2) is 4.65. The van der Waals surface area contributed by atoms with E-state index in [1.54, 1.807) is 25.2 Å². The Morgan fingerprint density at radius 1 is 1.50 bits per heavy atom. The van der Waals surface area contributed by atoms with Gasteiger partial charge < -0.3 is 14.2 Å². The standard InChI is InChI=1S/C13H8BrN3O3/c1-17-9-4-7(2-3-10(9)19-6-11(17)18)13-12(14)8(5-15)16-20-13/h2-4H,6H2,1H3. The molecule has 0 spiro atoms. The van der Waals surface area contributed by atoms with E-state index in [-0.39, 0.29) is 18.2 Å². The van der Waals surface area contributed by atoms with Crippen molar-refractivity contribution in [2.24, 2.45) is 0 Å². The van der Waals surface area contributed by atoms with Gasteiger partial charge in [-0.25, -0.2) is 0 Å². The lowest BCUT2D eigenvalue weighted by Crippen LogP contribution is -2.35. The molecule has 0 radical (unpaired) electrons. The fraction of sp³-hybridized carbons (Fsp3) is 0.154. The van der Waals surface area contributed by atoms with Gasteiger partial charge in [0.15, 0.2) is 18.1 Å². The second-order valence-electron chi connectivity index (χ2n) is 4.21. The summed E-state index contributed by atoms with van der Waals surface area (Å²) in [4.78, 5) is 13.2. The van der Waals surface area contributed by atoms with Crippen molar-refractivity contribution in [3.8, 4) is 23.1 Å². The highest BCUT2D eigenvalue weighted by Gasteiger charge is 2.24. The number of benzene rings is 1. The first-order valence-corrected chi connectivity index (χ1v) is 6.50. The van der Waals surface area contributed by atoms with Crippen LogP contribution in [-0.4, -0.2) is 24.7 Å². The average Bonchev–Trinajstić information content (AvgIpc) is 2.84. The molecule has 1 aliphatic heterocycles. The first-order chi connectivity index (χ1) is 9.61. The highest BCUT2D eigenvalue weighted by molar-refractivity contribution is 9.10. The minimum Gasteiger partial charge on any atom is -0.482 e. The van der Waals surface area contributed by atoms with Gasteiger partial charge in [0.2, 0.25) is 0 Å². The topological polar surface area (TPSA) is 79.4 Å². The molecule has 6 nitrogen and oxygen atoms in total. The highest BCUT2D eigenvalue weighted by atomic mass is 79.9. The maximum absolute atomic E-state index is 11.6. The SMILES string of the molecule is CN1C(=O)COc2ccc(-c3onc(C#N)c3Br)cc21. The zero-order chi connectivity index (χ0) is 14.3. The molecule has 0 saturated heterocycles. The maximum atomic E-state index is 11.6. The summed E-state index contributed by atoms with van der Waals surface area (Å²) in [7, 11) is 1.68. The summed E-state index contributed by atoms with van der Waals surface area (Å²) < 4.78 is 11.0. The Morgan fingerprint density at radius 3 is 3.00 bits per heavy atom. The van der Waals surface area contributed by atoms with E-state index in [1.165, 1.54) is 4.90 Å². The van der Waals surface area contributed by atoms with Crippen LogP contribution in [0, 0.1) is 11.3 Å². The molecule has 0 N–H and O–H groups in total. The molecule has 2 heterocycles. The summed E-state index contributed by atoms with van der Waals surface area (Å²) in [6, 6.07) is 7.23. The molecule has 1 amide bonds. The number of nitriles is 1. The van der Waals surface area contributed by atoms with Crippen molar-refractivity contribution in [2.45, 2.75) is 0 Å². The van der Waals surface area contributed by atoms with Crippen LogP contribution in [0.5, 0.6) is 5.75 Å². The number of likely N-dealkylation sites (N-methyl/N-ethyl adjacent to an activating group) is 1. The molecule has 0 atom stereocenters. The number of hydrogen-bond donors (Lipinski definition) is 0. The van der Waals surface area contributed by atoms with Crippen LogP contribution < -0.4 is 9.64 Å². The molecular formula is C13H8BrN3O3. The van der Waals surface area contributed by atoms with Gasteiger partial charge in [-0.1, -0.05) is 5.16 Å². The number of aromatic nitrogens is 1. The van der Waals surface area contributed by atoms with Crippen molar-refractivity contribution in [3.63, 3.8) is 0 Å². The third kappa shape index (κ3) is 1.85. The molecule has 3 rings (SSSR count). The van der Waals surface area contributed by atoms with Gasteiger partial charge in [-0.3, -0.25) is 4.79 Å². The van der Waals surface area contributed by atoms with Crippen molar-refractivity contribution >= 4 is 27.5 Å². The molecule has 0 saturated carbocycles. The molecule has 2 aromatic rings. The number of anilines is 1. The number of carbonyl (C=O) groups is 1. The van der Waals surface area contributed by atoms with Crippen LogP contribution in [0.25, 0.3) is 11.3 Å². The van der Waals surface area contributed by atoms with Crippen LogP contribution in [0.2, 0.25) is 0 Å². The van der Waals surface area contributed by atoms with E-state index in [2.05, 4.69) is 21.1 Å². The normalized spacial score (nSPS) is 13.7. The van der Waals surface area contributed by atoms with Crippen LogP contribution >= 0.6 is 15.9 Å². The Bertz CT molecular complexity index is 748. The minimum atomic E-state index is -0.121. The van der Waals surface area contributed by atoms with E-state index in [0.29, 0.717) is 27.2 Å². The van der Waals surface area contributed by atoms with E-state index < -0.39 is 0 Å². The summed E-state index contributed by atoms with van der Waals surface area (Å²) in [5.41, 5.74) is 1.54. The molecule has 0 bridgehead atoms. The van der Waals surface area contributed by atoms with Crippen LogP contribution in [0.1, 0.15) is 5.69 Å². The number of fused-ring (bicyclic) bond motifs is 1. The van der Waals surface area contributed by atoms with Gasteiger partial charge in [-0.05, 0) is 34.1 Å². The van der Waals surface area contributed by atoms with E-state index in [1.807, 2.05) is 6.07 Å². The third-order valence-electron chi connectivity index (χ3n) is 3.05. The van der Waals surface area contributed by atoms with Crippen molar-refractivity contribution < 1.29 is 14.1 Å². The molecular weight excluding hydrogens is 326 g/mol. The van der Waals surface area contributed by atoms with E-state index >= 15 is 0 Å². The fourth-order valence-corrected chi connectivity index (χ4v) is 2.40. The van der Waals surface area contributed by atoms with E-state index in [9.17, 15) is 4.79 Å². The summed E-state index contributed by atoms with van der Waals surface area (Å²) in [6.45, 7) is 0.0351. The van der Waals surface area contributed by atoms with Gasteiger partial charge in [-0.2, -0.15) is 5.26 Å². The number of carbonyl (C=O) groups excluding carboxylic acids is 1. The van der Waals surface area contributed by atoms with Gasteiger partial charge in [0, 0.05) is 12.6 Å². The van der Waals surface area contributed by atoms with E-state index in [4.69, 9.17) is 14.5 Å². The Hall–Kier alpha value is -2.33. The summed E-state index contributed by atoms with van der Waals surface area (Å²) >= 11 is 3.28. The zero-order valence-electron chi connectivity index (χ0n) is 10.4. The predicted molar refractivity (Wildman–Crippen MR) is 73.3 cm³/mol. The van der Waals surface area contributed by atoms with Gasteiger partial charge >= 0.3 is 0 Å². The number of nitrogens with zero attached hydrogens (tertiary/aromatic N) is 3. The molecule has 0 fully saturated rings. The molecule has 20 heavy (non-hydrogen) atoms. The minimum absolute atomic E-state index is 0.0351. The summed E-state index contributed by atoms with van der Waals surface area (Å²) in [5, 5.41) is 12.5. The van der Waals surface area contributed by atoms with Gasteiger partial charge in [0.25, 0.3) is 5.91 Å². The first kappa shape index (κ1) is 12.7. The molecule has 1 aromatic carbocycles. The average molecular weight is 334 g/mol. The first-order valence-electron chi connectivity index (χ1n) is 5.71.